The number of amides is 1. The summed E-state index contributed by atoms with van der Waals surface area (Å²) in [5.74, 6) is 0.692. The van der Waals surface area contributed by atoms with Crippen molar-refractivity contribution in [1.82, 2.24) is 5.32 Å². The molecule has 0 radical (unpaired) electrons. The van der Waals surface area contributed by atoms with Crippen LogP contribution in [0.5, 0.6) is 5.75 Å². The predicted molar refractivity (Wildman–Crippen MR) is 62.4 cm³/mol. The monoisotopic (exact) mass is 234 g/mol. The van der Waals surface area contributed by atoms with Crippen molar-refractivity contribution in [3.05, 3.63) is 24.3 Å². The molecule has 1 aromatic carbocycles. The van der Waals surface area contributed by atoms with E-state index in [9.17, 15) is 4.79 Å². The zero-order valence-corrected chi connectivity index (χ0v) is 9.55. The molecule has 5 heteroatoms. The molecule has 17 heavy (non-hydrogen) atoms. The maximum atomic E-state index is 11.9. The van der Waals surface area contributed by atoms with Gasteiger partial charge < -0.3 is 14.8 Å². The molecule has 2 aliphatic rings. The summed E-state index contributed by atoms with van der Waals surface area (Å²) < 4.78 is 10.6. The minimum Gasteiger partial charge on any atom is -0.495 e. The molecule has 2 fully saturated rings. The van der Waals surface area contributed by atoms with Gasteiger partial charge in [0.1, 0.15) is 11.9 Å². The zero-order chi connectivity index (χ0) is 11.8. The van der Waals surface area contributed by atoms with E-state index in [1.54, 1.807) is 12.0 Å². The van der Waals surface area contributed by atoms with Gasteiger partial charge in [0, 0.05) is 13.1 Å². The maximum absolute atomic E-state index is 11.9. The molecule has 0 saturated carbocycles. The average Bonchev–Trinajstić information content (AvgIpc) is 2.89. The van der Waals surface area contributed by atoms with Crippen LogP contribution in [0.2, 0.25) is 0 Å². The van der Waals surface area contributed by atoms with Gasteiger partial charge in [0.25, 0.3) is 0 Å². The Morgan fingerprint density at radius 3 is 3.06 bits per heavy atom. The van der Waals surface area contributed by atoms with Crippen LogP contribution in [0.4, 0.5) is 10.5 Å². The van der Waals surface area contributed by atoms with Crippen LogP contribution in [0.25, 0.3) is 0 Å². The fourth-order valence-corrected chi connectivity index (χ4v) is 2.45. The van der Waals surface area contributed by atoms with Crippen LogP contribution < -0.4 is 15.0 Å². The molecule has 0 spiro atoms. The van der Waals surface area contributed by atoms with E-state index in [0.717, 1.165) is 18.8 Å². The van der Waals surface area contributed by atoms with Crippen molar-refractivity contribution in [2.75, 3.05) is 25.1 Å². The minimum atomic E-state index is -0.286. The van der Waals surface area contributed by atoms with Crippen molar-refractivity contribution in [2.24, 2.45) is 0 Å². The second-order valence-corrected chi connectivity index (χ2v) is 4.19. The van der Waals surface area contributed by atoms with Crippen LogP contribution in [0, 0.1) is 0 Å². The lowest BCUT2D eigenvalue weighted by atomic mass is 10.2. The SMILES string of the molecule is COc1ccccc1N1C(=O)OC2CNCC21. The number of hydrogen-bond donors (Lipinski definition) is 1. The molecule has 1 N–H and O–H groups in total. The van der Waals surface area contributed by atoms with E-state index in [1.807, 2.05) is 24.3 Å². The van der Waals surface area contributed by atoms with Crippen LogP contribution in [0.1, 0.15) is 0 Å². The Hall–Kier alpha value is -1.75. The van der Waals surface area contributed by atoms with Gasteiger partial charge in [0.15, 0.2) is 0 Å². The van der Waals surface area contributed by atoms with Gasteiger partial charge in [-0.1, -0.05) is 12.1 Å². The van der Waals surface area contributed by atoms with Crippen molar-refractivity contribution >= 4 is 11.8 Å². The molecule has 2 atom stereocenters. The molecule has 0 aromatic heterocycles. The predicted octanol–water partition coefficient (Wildman–Crippen LogP) is 0.992. The first-order chi connectivity index (χ1) is 8.31. The number of fused-ring (bicyclic) bond motifs is 1. The van der Waals surface area contributed by atoms with Gasteiger partial charge in [-0.2, -0.15) is 0 Å². The molecule has 0 bridgehead atoms. The van der Waals surface area contributed by atoms with E-state index in [2.05, 4.69) is 5.32 Å². The lowest BCUT2D eigenvalue weighted by Crippen LogP contribution is -2.37. The highest BCUT2D eigenvalue weighted by Crippen LogP contribution is 2.35. The van der Waals surface area contributed by atoms with Crippen molar-refractivity contribution in [2.45, 2.75) is 12.1 Å². The third-order valence-electron chi connectivity index (χ3n) is 3.25. The quantitative estimate of drug-likeness (QED) is 0.829. The molecule has 2 unspecified atom stereocenters. The Morgan fingerprint density at radius 2 is 2.24 bits per heavy atom. The molecule has 2 saturated heterocycles. The van der Waals surface area contributed by atoms with E-state index >= 15 is 0 Å². The Balaban J connectivity index is 1.99. The second kappa shape index (κ2) is 3.92. The molecule has 2 aliphatic heterocycles. The fraction of sp³-hybridized carbons (Fsp3) is 0.417. The van der Waals surface area contributed by atoms with Gasteiger partial charge in [-0.3, -0.25) is 4.90 Å². The second-order valence-electron chi connectivity index (χ2n) is 4.19. The number of methoxy groups -OCH3 is 1. The van der Waals surface area contributed by atoms with Crippen molar-refractivity contribution in [1.29, 1.82) is 0 Å². The van der Waals surface area contributed by atoms with Crippen LogP contribution >= 0.6 is 0 Å². The highest BCUT2D eigenvalue weighted by Gasteiger charge is 2.46. The molecule has 90 valence electrons. The zero-order valence-electron chi connectivity index (χ0n) is 9.55. The van der Waals surface area contributed by atoms with Gasteiger partial charge in [-0.25, -0.2) is 4.79 Å². The summed E-state index contributed by atoms with van der Waals surface area (Å²) in [6.45, 7) is 1.48. The first-order valence-corrected chi connectivity index (χ1v) is 5.65. The summed E-state index contributed by atoms with van der Waals surface area (Å²) >= 11 is 0. The topological polar surface area (TPSA) is 50.8 Å². The molecular weight excluding hydrogens is 220 g/mol. The van der Waals surface area contributed by atoms with Crippen molar-refractivity contribution in [3.8, 4) is 5.75 Å². The standard InChI is InChI=1S/C12H14N2O3/c1-16-10-5-3-2-4-8(10)14-9-6-13-7-11(9)17-12(14)15/h2-5,9,11,13H,6-7H2,1H3. The minimum absolute atomic E-state index is 0.0487. The molecule has 1 aromatic rings. The van der Waals surface area contributed by atoms with Gasteiger partial charge in [-0.15, -0.1) is 0 Å². The number of carbonyl (C=O) groups excluding carboxylic acids is 1. The van der Waals surface area contributed by atoms with Crippen molar-refractivity contribution < 1.29 is 14.3 Å². The third kappa shape index (κ3) is 1.54. The number of nitrogens with zero attached hydrogens (tertiary/aromatic N) is 1. The summed E-state index contributed by atoms with van der Waals surface area (Å²) in [5.41, 5.74) is 0.774. The molecule has 1 amide bonds. The first-order valence-electron chi connectivity index (χ1n) is 5.65. The first kappa shape index (κ1) is 10.4. The molecule has 0 aliphatic carbocycles. The Labute approximate surface area is 99.3 Å². The van der Waals surface area contributed by atoms with Crippen LogP contribution in [-0.4, -0.2) is 38.4 Å². The number of rotatable bonds is 2. The highest BCUT2D eigenvalue weighted by molar-refractivity contribution is 5.92. The van der Waals surface area contributed by atoms with Gasteiger partial charge in [0.2, 0.25) is 0 Å². The van der Waals surface area contributed by atoms with Crippen LogP contribution in [0.15, 0.2) is 24.3 Å². The number of nitrogens with one attached hydrogen (secondary N) is 1. The molecular formula is C12H14N2O3. The van der Waals surface area contributed by atoms with Crippen molar-refractivity contribution in [3.63, 3.8) is 0 Å². The van der Waals surface area contributed by atoms with E-state index in [-0.39, 0.29) is 18.2 Å². The number of ether oxygens (including phenoxy) is 2. The number of carbonyl (C=O) groups is 1. The third-order valence-corrected chi connectivity index (χ3v) is 3.25. The summed E-state index contributed by atoms with van der Waals surface area (Å²) in [5, 5.41) is 3.22. The van der Waals surface area contributed by atoms with Crippen LogP contribution in [-0.2, 0) is 4.74 Å². The van der Waals surface area contributed by atoms with Gasteiger partial charge >= 0.3 is 6.09 Å². The summed E-state index contributed by atoms with van der Waals surface area (Å²) in [4.78, 5) is 13.6. The van der Waals surface area contributed by atoms with Crippen LogP contribution in [0.3, 0.4) is 0 Å². The normalized spacial score (nSPS) is 26.9. The summed E-state index contributed by atoms with van der Waals surface area (Å²) in [7, 11) is 1.60. The summed E-state index contributed by atoms with van der Waals surface area (Å²) in [6, 6.07) is 7.56. The van der Waals surface area contributed by atoms with Gasteiger partial charge in [-0.05, 0) is 12.1 Å². The van der Waals surface area contributed by atoms with E-state index in [4.69, 9.17) is 9.47 Å². The Bertz CT molecular complexity index is 449. The lowest BCUT2D eigenvalue weighted by molar-refractivity contribution is 0.143. The largest absolute Gasteiger partial charge is 0.495 e. The fourth-order valence-electron chi connectivity index (χ4n) is 2.45. The average molecular weight is 234 g/mol. The lowest BCUT2D eigenvalue weighted by Gasteiger charge is -2.21. The highest BCUT2D eigenvalue weighted by atomic mass is 16.6. The van der Waals surface area contributed by atoms with Gasteiger partial charge in [0.05, 0.1) is 18.8 Å². The van der Waals surface area contributed by atoms with E-state index in [1.165, 1.54) is 0 Å². The summed E-state index contributed by atoms with van der Waals surface area (Å²) in [6.07, 6.45) is -0.335. The Kier molecular flexibility index (Phi) is 2.40. The van der Waals surface area contributed by atoms with E-state index < -0.39 is 0 Å². The number of hydrogen-bond acceptors (Lipinski definition) is 4. The smallest absolute Gasteiger partial charge is 0.415 e. The van der Waals surface area contributed by atoms with E-state index in [0.29, 0.717) is 5.75 Å². The maximum Gasteiger partial charge on any atom is 0.415 e. The molecule has 2 heterocycles. The number of para-hydroxylation sites is 2. The number of benzene rings is 1. The number of anilines is 1. The Morgan fingerprint density at radius 1 is 1.41 bits per heavy atom. The molecule has 5 nitrogen and oxygen atoms in total. The molecule has 3 rings (SSSR count).